The van der Waals surface area contributed by atoms with Crippen LogP contribution in [0.2, 0.25) is 0 Å². The largest absolute Gasteiger partial charge is 0.497 e. The number of amides is 1. The fourth-order valence-corrected chi connectivity index (χ4v) is 4.09. The molecule has 0 unspecified atom stereocenters. The van der Waals surface area contributed by atoms with Crippen molar-refractivity contribution in [2.24, 2.45) is 0 Å². The highest BCUT2D eigenvalue weighted by molar-refractivity contribution is 8.00. The number of anilines is 1. The molecule has 0 fully saturated rings. The van der Waals surface area contributed by atoms with Crippen molar-refractivity contribution in [3.05, 3.63) is 60.4 Å². The number of hydrogen-bond acceptors (Lipinski definition) is 4. The second-order valence-electron chi connectivity index (χ2n) is 6.77. The summed E-state index contributed by atoms with van der Waals surface area (Å²) < 4.78 is 7.45. The number of rotatable bonds is 6. The molecule has 2 heterocycles. The van der Waals surface area contributed by atoms with E-state index in [2.05, 4.69) is 14.9 Å². The number of thioether (sulfide) groups is 1. The third-order valence-corrected chi connectivity index (χ3v) is 5.87. The SMILES string of the molecule is COc1ccc(SCC(=O)Nc2ccc(-c3ncc4n3CCCC4)cc2)cc1. The first-order chi connectivity index (χ1) is 13.7. The predicted molar refractivity (Wildman–Crippen MR) is 113 cm³/mol. The van der Waals surface area contributed by atoms with Gasteiger partial charge >= 0.3 is 0 Å². The number of carbonyl (C=O) groups excluding carboxylic acids is 1. The summed E-state index contributed by atoms with van der Waals surface area (Å²) in [6.45, 7) is 1.03. The molecular formula is C22H23N3O2S. The Kier molecular flexibility index (Phi) is 5.67. The Balaban J connectivity index is 1.35. The number of carbonyl (C=O) groups is 1. The van der Waals surface area contributed by atoms with Crippen LogP contribution in [-0.4, -0.2) is 28.3 Å². The fraction of sp³-hybridized carbons (Fsp3) is 0.273. The Morgan fingerprint density at radius 2 is 1.93 bits per heavy atom. The van der Waals surface area contributed by atoms with Crippen LogP contribution in [0, 0.1) is 0 Å². The molecule has 1 aliphatic rings. The van der Waals surface area contributed by atoms with Gasteiger partial charge in [-0.25, -0.2) is 4.98 Å². The lowest BCUT2D eigenvalue weighted by molar-refractivity contribution is -0.113. The lowest BCUT2D eigenvalue weighted by Gasteiger charge is -2.16. The molecule has 0 saturated heterocycles. The predicted octanol–water partition coefficient (Wildman–Crippen LogP) is 4.63. The zero-order chi connectivity index (χ0) is 19.3. The summed E-state index contributed by atoms with van der Waals surface area (Å²) in [6.07, 6.45) is 5.54. The molecule has 4 rings (SSSR count). The molecule has 2 aromatic carbocycles. The van der Waals surface area contributed by atoms with Crippen molar-refractivity contribution in [1.82, 2.24) is 9.55 Å². The maximum atomic E-state index is 12.2. The van der Waals surface area contributed by atoms with Gasteiger partial charge in [0.25, 0.3) is 0 Å². The summed E-state index contributed by atoms with van der Waals surface area (Å²) in [4.78, 5) is 17.9. The fourth-order valence-electron chi connectivity index (χ4n) is 3.39. The molecule has 0 bridgehead atoms. The molecule has 6 heteroatoms. The average Bonchev–Trinajstić information content (AvgIpc) is 3.17. The van der Waals surface area contributed by atoms with Gasteiger partial charge in [0.1, 0.15) is 11.6 Å². The standard InChI is InChI=1S/C22H23N3O2S/c1-27-19-9-11-20(12-10-19)28-15-21(26)24-17-7-5-16(6-8-17)22-23-14-18-4-2-3-13-25(18)22/h5-12,14H,2-4,13,15H2,1H3,(H,24,26). The minimum absolute atomic E-state index is 0.0215. The molecule has 1 aliphatic heterocycles. The minimum atomic E-state index is -0.0215. The molecular weight excluding hydrogens is 370 g/mol. The van der Waals surface area contributed by atoms with Gasteiger partial charge in [-0.1, -0.05) is 0 Å². The topological polar surface area (TPSA) is 56.1 Å². The van der Waals surface area contributed by atoms with Crippen LogP contribution in [0.1, 0.15) is 18.5 Å². The molecule has 1 aromatic heterocycles. The molecule has 0 saturated carbocycles. The van der Waals surface area contributed by atoms with Crippen LogP contribution in [0.4, 0.5) is 5.69 Å². The van der Waals surface area contributed by atoms with Crippen LogP contribution in [0.5, 0.6) is 5.75 Å². The molecule has 1 amide bonds. The zero-order valence-electron chi connectivity index (χ0n) is 15.9. The van der Waals surface area contributed by atoms with Crippen LogP contribution < -0.4 is 10.1 Å². The van der Waals surface area contributed by atoms with Crippen molar-refractivity contribution in [3.63, 3.8) is 0 Å². The highest BCUT2D eigenvalue weighted by Crippen LogP contribution is 2.26. The summed E-state index contributed by atoms with van der Waals surface area (Å²) in [5.41, 5.74) is 3.20. The lowest BCUT2D eigenvalue weighted by Crippen LogP contribution is -2.14. The molecule has 0 spiro atoms. The van der Waals surface area contributed by atoms with Gasteiger partial charge in [-0.05, 0) is 67.8 Å². The molecule has 3 aromatic rings. The number of benzene rings is 2. The first-order valence-corrected chi connectivity index (χ1v) is 10.4. The summed E-state index contributed by atoms with van der Waals surface area (Å²) in [7, 11) is 1.64. The van der Waals surface area contributed by atoms with Gasteiger partial charge in [0.2, 0.25) is 5.91 Å². The number of nitrogens with one attached hydrogen (secondary N) is 1. The van der Waals surface area contributed by atoms with Gasteiger partial charge in [-0.3, -0.25) is 4.79 Å². The Bertz CT molecular complexity index is 949. The van der Waals surface area contributed by atoms with Crippen LogP contribution >= 0.6 is 11.8 Å². The summed E-state index contributed by atoms with van der Waals surface area (Å²) in [5.74, 6) is 2.17. The third-order valence-electron chi connectivity index (χ3n) is 4.86. The van der Waals surface area contributed by atoms with Gasteiger partial charge in [-0.15, -0.1) is 11.8 Å². The van der Waals surface area contributed by atoms with E-state index < -0.39 is 0 Å². The molecule has 0 aliphatic carbocycles. The van der Waals surface area contributed by atoms with E-state index in [-0.39, 0.29) is 5.91 Å². The first-order valence-electron chi connectivity index (χ1n) is 9.44. The first kappa shape index (κ1) is 18.6. The van der Waals surface area contributed by atoms with E-state index in [1.54, 1.807) is 7.11 Å². The number of imidazole rings is 1. The van der Waals surface area contributed by atoms with Crippen molar-refractivity contribution in [3.8, 4) is 17.1 Å². The Hall–Kier alpha value is -2.73. The molecule has 5 nitrogen and oxygen atoms in total. The van der Waals surface area contributed by atoms with Gasteiger partial charge < -0.3 is 14.6 Å². The normalized spacial score (nSPS) is 13.0. The van der Waals surface area contributed by atoms with E-state index in [4.69, 9.17) is 4.74 Å². The maximum Gasteiger partial charge on any atom is 0.234 e. The van der Waals surface area contributed by atoms with Crippen molar-refractivity contribution < 1.29 is 9.53 Å². The van der Waals surface area contributed by atoms with Crippen molar-refractivity contribution in [2.75, 3.05) is 18.2 Å². The summed E-state index contributed by atoms with van der Waals surface area (Å²) in [5, 5.41) is 2.96. The number of aromatic nitrogens is 2. The van der Waals surface area contributed by atoms with E-state index >= 15 is 0 Å². The third kappa shape index (κ3) is 4.22. The highest BCUT2D eigenvalue weighted by Gasteiger charge is 2.15. The number of aryl methyl sites for hydroxylation is 1. The van der Waals surface area contributed by atoms with E-state index in [0.29, 0.717) is 5.75 Å². The number of ether oxygens (including phenoxy) is 1. The van der Waals surface area contributed by atoms with E-state index in [9.17, 15) is 4.79 Å². The summed E-state index contributed by atoms with van der Waals surface area (Å²) in [6, 6.07) is 15.6. The second kappa shape index (κ2) is 8.52. The van der Waals surface area contributed by atoms with Gasteiger partial charge in [0.15, 0.2) is 0 Å². The molecule has 144 valence electrons. The Labute approximate surface area is 169 Å². The molecule has 28 heavy (non-hydrogen) atoms. The van der Waals surface area contributed by atoms with Crippen LogP contribution in [0.3, 0.4) is 0 Å². The van der Waals surface area contributed by atoms with Gasteiger partial charge in [0, 0.05) is 34.6 Å². The van der Waals surface area contributed by atoms with Crippen LogP contribution in [0.15, 0.2) is 59.6 Å². The molecule has 0 radical (unpaired) electrons. The Morgan fingerprint density at radius 1 is 1.14 bits per heavy atom. The highest BCUT2D eigenvalue weighted by atomic mass is 32.2. The minimum Gasteiger partial charge on any atom is -0.497 e. The van der Waals surface area contributed by atoms with Crippen molar-refractivity contribution in [1.29, 1.82) is 0 Å². The molecule has 0 atom stereocenters. The zero-order valence-corrected chi connectivity index (χ0v) is 16.7. The number of methoxy groups -OCH3 is 1. The monoisotopic (exact) mass is 393 g/mol. The summed E-state index contributed by atoms with van der Waals surface area (Å²) >= 11 is 1.50. The Morgan fingerprint density at radius 3 is 2.68 bits per heavy atom. The maximum absolute atomic E-state index is 12.2. The van der Waals surface area contributed by atoms with Gasteiger partial charge in [-0.2, -0.15) is 0 Å². The van der Waals surface area contributed by atoms with E-state index in [1.165, 1.54) is 30.3 Å². The number of fused-ring (bicyclic) bond motifs is 1. The quantitative estimate of drug-likeness (QED) is 0.621. The number of hydrogen-bond donors (Lipinski definition) is 1. The van der Waals surface area contributed by atoms with Gasteiger partial charge in [0.05, 0.1) is 12.9 Å². The van der Waals surface area contributed by atoms with E-state index in [1.807, 2.05) is 54.7 Å². The van der Waals surface area contributed by atoms with Crippen molar-refractivity contribution in [2.45, 2.75) is 30.7 Å². The average molecular weight is 394 g/mol. The molecule has 1 N–H and O–H groups in total. The second-order valence-corrected chi connectivity index (χ2v) is 7.82. The lowest BCUT2D eigenvalue weighted by atomic mass is 10.1. The van der Waals surface area contributed by atoms with Crippen LogP contribution in [0.25, 0.3) is 11.4 Å². The van der Waals surface area contributed by atoms with Crippen molar-refractivity contribution >= 4 is 23.4 Å². The van der Waals surface area contributed by atoms with E-state index in [0.717, 1.165) is 40.7 Å². The smallest absolute Gasteiger partial charge is 0.234 e. The number of nitrogens with zero attached hydrogens (tertiary/aromatic N) is 2. The van der Waals surface area contributed by atoms with Crippen LogP contribution in [-0.2, 0) is 17.8 Å².